The third kappa shape index (κ3) is 4.81. The first kappa shape index (κ1) is 17.9. The number of carbonyl (C=O) groups excluding carboxylic acids is 2. The van der Waals surface area contributed by atoms with Gasteiger partial charge in [0.15, 0.2) is 5.82 Å². The lowest BCUT2D eigenvalue weighted by molar-refractivity contribution is 0.0954. The quantitative estimate of drug-likeness (QED) is 0.773. The molecule has 0 unspecified atom stereocenters. The Labute approximate surface area is 152 Å². The molecule has 1 aliphatic rings. The second-order valence-electron chi connectivity index (χ2n) is 6.47. The zero-order valence-corrected chi connectivity index (χ0v) is 14.9. The van der Waals surface area contributed by atoms with E-state index in [0.717, 1.165) is 19.3 Å². The van der Waals surface area contributed by atoms with Crippen molar-refractivity contribution < 1.29 is 14.1 Å². The van der Waals surface area contributed by atoms with E-state index in [4.69, 9.17) is 4.52 Å². The third-order valence-electron chi connectivity index (χ3n) is 4.37. The van der Waals surface area contributed by atoms with Crippen LogP contribution in [-0.4, -0.2) is 23.5 Å². The predicted molar refractivity (Wildman–Crippen MR) is 99.1 cm³/mol. The van der Waals surface area contributed by atoms with Gasteiger partial charge in [0.05, 0.1) is 0 Å². The number of allylic oxidation sites excluding steroid dienone is 1. The molecule has 1 heterocycles. The molecule has 136 valence electrons. The van der Waals surface area contributed by atoms with Crippen molar-refractivity contribution in [1.29, 1.82) is 0 Å². The molecule has 0 saturated carbocycles. The van der Waals surface area contributed by atoms with Gasteiger partial charge in [-0.3, -0.25) is 9.59 Å². The zero-order valence-electron chi connectivity index (χ0n) is 14.9. The molecule has 0 saturated heterocycles. The number of nitrogens with zero attached hydrogens (tertiary/aromatic N) is 1. The molecule has 2 aromatic rings. The average Bonchev–Trinajstić information content (AvgIpc) is 3.07. The molecule has 0 radical (unpaired) electrons. The molecule has 0 atom stereocenters. The van der Waals surface area contributed by atoms with Gasteiger partial charge in [0.1, 0.15) is 5.76 Å². The molecule has 0 aliphatic heterocycles. The molecule has 2 N–H and O–H groups in total. The van der Waals surface area contributed by atoms with Crippen molar-refractivity contribution in [3.05, 3.63) is 58.9 Å². The van der Waals surface area contributed by atoms with Crippen LogP contribution in [0.5, 0.6) is 0 Å². The summed E-state index contributed by atoms with van der Waals surface area (Å²) in [5.74, 6) is 0.457. The highest BCUT2D eigenvalue weighted by atomic mass is 16.5. The Morgan fingerprint density at radius 1 is 1.15 bits per heavy atom. The zero-order chi connectivity index (χ0) is 18.4. The van der Waals surface area contributed by atoms with Crippen molar-refractivity contribution in [3.63, 3.8) is 0 Å². The summed E-state index contributed by atoms with van der Waals surface area (Å²) in [5, 5.41) is 9.31. The standard InChI is InChI=1S/C20H23N3O3/c1-14-12-18(23-26-14)22-20(25)17-9-5-8-16(13-17)19(24)21-11-10-15-6-3-2-4-7-15/h5-6,8-9,12-13H,2-4,7,10-11H2,1H3,(H,21,24)(H,22,23,25). The van der Waals surface area contributed by atoms with Gasteiger partial charge in [-0.05, 0) is 57.2 Å². The van der Waals surface area contributed by atoms with E-state index in [2.05, 4.69) is 21.9 Å². The lowest BCUT2D eigenvalue weighted by Gasteiger charge is -2.13. The van der Waals surface area contributed by atoms with Crippen LogP contribution < -0.4 is 10.6 Å². The Bertz CT molecular complexity index is 823. The highest BCUT2D eigenvalue weighted by Crippen LogP contribution is 2.19. The first-order valence-corrected chi connectivity index (χ1v) is 8.92. The summed E-state index contributed by atoms with van der Waals surface area (Å²) in [4.78, 5) is 24.6. The van der Waals surface area contributed by atoms with E-state index in [1.165, 1.54) is 18.4 Å². The van der Waals surface area contributed by atoms with Gasteiger partial charge in [-0.2, -0.15) is 0 Å². The summed E-state index contributed by atoms with van der Waals surface area (Å²) >= 11 is 0. The average molecular weight is 353 g/mol. The maximum absolute atomic E-state index is 12.3. The summed E-state index contributed by atoms with van der Waals surface area (Å²) in [6.45, 7) is 2.36. The van der Waals surface area contributed by atoms with Crippen LogP contribution in [0.4, 0.5) is 5.82 Å². The fraction of sp³-hybridized carbons (Fsp3) is 0.350. The normalized spacial score (nSPS) is 13.8. The van der Waals surface area contributed by atoms with E-state index in [0.29, 0.717) is 29.2 Å². The van der Waals surface area contributed by atoms with Gasteiger partial charge in [0, 0.05) is 23.7 Å². The minimum atomic E-state index is -0.333. The third-order valence-corrected chi connectivity index (χ3v) is 4.37. The van der Waals surface area contributed by atoms with Crippen LogP contribution in [-0.2, 0) is 0 Å². The minimum Gasteiger partial charge on any atom is -0.360 e. The number of carbonyl (C=O) groups is 2. The van der Waals surface area contributed by atoms with Crippen LogP contribution in [0.15, 0.2) is 46.5 Å². The van der Waals surface area contributed by atoms with E-state index in [-0.39, 0.29) is 11.8 Å². The minimum absolute atomic E-state index is 0.173. The topological polar surface area (TPSA) is 84.2 Å². The van der Waals surface area contributed by atoms with Gasteiger partial charge in [0.2, 0.25) is 0 Å². The number of aryl methyl sites for hydroxylation is 1. The van der Waals surface area contributed by atoms with E-state index in [1.54, 1.807) is 37.3 Å². The first-order valence-electron chi connectivity index (χ1n) is 8.92. The number of aromatic nitrogens is 1. The van der Waals surface area contributed by atoms with Crippen LogP contribution >= 0.6 is 0 Å². The van der Waals surface area contributed by atoms with Crippen molar-refractivity contribution in [2.75, 3.05) is 11.9 Å². The molecule has 2 amide bonds. The highest BCUT2D eigenvalue weighted by Gasteiger charge is 2.12. The van der Waals surface area contributed by atoms with Crippen molar-refractivity contribution in [2.45, 2.75) is 39.0 Å². The molecule has 1 aromatic heterocycles. The van der Waals surface area contributed by atoms with Gasteiger partial charge >= 0.3 is 0 Å². The molecule has 26 heavy (non-hydrogen) atoms. The van der Waals surface area contributed by atoms with E-state index in [9.17, 15) is 9.59 Å². The fourth-order valence-corrected chi connectivity index (χ4v) is 2.99. The first-order chi connectivity index (χ1) is 12.6. The Hall–Kier alpha value is -2.89. The summed E-state index contributed by atoms with van der Waals surface area (Å²) < 4.78 is 4.92. The van der Waals surface area contributed by atoms with Crippen LogP contribution in [0.3, 0.4) is 0 Å². The maximum atomic E-state index is 12.3. The Balaban J connectivity index is 1.56. The van der Waals surface area contributed by atoms with Crippen molar-refractivity contribution >= 4 is 17.6 Å². The van der Waals surface area contributed by atoms with E-state index < -0.39 is 0 Å². The molecule has 0 spiro atoms. The highest BCUT2D eigenvalue weighted by molar-refractivity contribution is 6.05. The summed E-state index contributed by atoms with van der Waals surface area (Å²) in [6.07, 6.45) is 7.95. The Morgan fingerprint density at radius 2 is 1.96 bits per heavy atom. The van der Waals surface area contributed by atoms with Crippen LogP contribution in [0, 0.1) is 6.92 Å². The Kier molecular flexibility index (Phi) is 5.84. The van der Waals surface area contributed by atoms with Crippen molar-refractivity contribution in [2.24, 2.45) is 0 Å². The number of hydrogen-bond donors (Lipinski definition) is 2. The molecule has 0 fully saturated rings. The number of hydrogen-bond acceptors (Lipinski definition) is 4. The largest absolute Gasteiger partial charge is 0.360 e. The molecule has 0 bridgehead atoms. The fourth-order valence-electron chi connectivity index (χ4n) is 2.99. The number of benzene rings is 1. The second-order valence-corrected chi connectivity index (χ2v) is 6.47. The smallest absolute Gasteiger partial charge is 0.256 e. The molecule has 6 heteroatoms. The van der Waals surface area contributed by atoms with Crippen LogP contribution in [0.25, 0.3) is 0 Å². The SMILES string of the molecule is Cc1cc(NC(=O)c2cccc(C(=O)NCCC3=CCCCC3)c2)no1. The van der Waals surface area contributed by atoms with Crippen LogP contribution in [0.2, 0.25) is 0 Å². The molecule has 6 nitrogen and oxygen atoms in total. The number of nitrogens with one attached hydrogen (secondary N) is 2. The monoisotopic (exact) mass is 353 g/mol. The summed E-state index contributed by atoms with van der Waals surface area (Å²) in [7, 11) is 0. The second kappa shape index (κ2) is 8.47. The van der Waals surface area contributed by atoms with Crippen molar-refractivity contribution in [3.8, 4) is 0 Å². The van der Waals surface area contributed by atoms with Crippen LogP contribution in [0.1, 0.15) is 58.6 Å². The summed E-state index contributed by atoms with van der Waals surface area (Å²) in [6, 6.07) is 8.27. The van der Waals surface area contributed by atoms with E-state index in [1.807, 2.05) is 0 Å². The molecule has 1 aromatic carbocycles. The lowest BCUT2D eigenvalue weighted by atomic mass is 9.97. The number of anilines is 1. The molecular formula is C20H23N3O3. The van der Waals surface area contributed by atoms with Crippen molar-refractivity contribution in [1.82, 2.24) is 10.5 Å². The predicted octanol–water partition coefficient (Wildman–Crippen LogP) is 3.86. The van der Waals surface area contributed by atoms with Gasteiger partial charge in [-0.1, -0.05) is 22.9 Å². The molecular weight excluding hydrogens is 330 g/mol. The Morgan fingerprint density at radius 3 is 2.65 bits per heavy atom. The lowest BCUT2D eigenvalue weighted by Crippen LogP contribution is -2.25. The van der Waals surface area contributed by atoms with Gasteiger partial charge in [-0.25, -0.2) is 0 Å². The summed E-state index contributed by atoms with van der Waals surface area (Å²) in [5.41, 5.74) is 2.28. The van der Waals surface area contributed by atoms with Gasteiger partial charge in [-0.15, -0.1) is 0 Å². The molecule has 3 rings (SSSR count). The number of amides is 2. The maximum Gasteiger partial charge on any atom is 0.256 e. The van der Waals surface area contributed by atoms with Gasteiger partial charge in [0.25, 0.3) is 11.8 Å². The van der Waals surface area contributed by atoms with E-state index >= 15 is 0 Å². The molecule has 1 aliphatic carbocycles. The number of rotatable bonds is 6. The van der Waals surface area contributed by atoms with Gasteiger partial charge < -0.3 is 15.2 Å².